The molecule has 4 aromatic rings. The van der Waals surface area contributed by atoms with Crippen molar-refractivity contribution in [2.75, 3.05) is 13.1 Å². The molecule has 0 radical (unpaired) electrons. The maximum atomic E-state index is 13.0. The lowest BCUT2D eigenvalue weighted by Crippen LogP contribution is -2.36. The van der Waals surface area contributed by atoms with Gasteiger partial charge < -0.3 is 19.4 Å². The molecule has 2 unspecified atom stereocenters. The fourth-order valence-corrected chi connectivity index (χ4v) is 6.95. The van der Waals surface area contributed by atoms with Crippen molar-refractivity contribution in [2.45, 2.75) is 109 Å². The second-order valence-corrected chi connectivity index (χ2v) is 15.7. The van der Waals surface area contributed by atoms with Crippen LogP contribution in [0.1, 0.15) is 115 Å². The molecule has 258 valence electrons. The van der Waals surface area contributed by atoms with Gasteiger partial charge in [-0.15, -0.1) is 0 Å². The first kappa shape index (κ1) is 32.9. The molecule has 2 aromatic heterocycles. The molecule has 2 aliphatic heterocycles. The molecular formula is C39H48N6O4. The van der Waals surface area contributed by atoms with Crippen LogP contribution in [0.2, 0.25) is 0 Å². The fraction of sp³-hybridized carbons (Fsp3) is 0.487. The Balaban J connectivity index is 1.05. The van der Waals surface area contributed by atoms with Crippen LogP contribution in [-0.4, -0.2) is 66.2 Å². The van der Waals surface area contributed by atoms with E-state index in [1.54, 1.807) is 4.90 Å². The Hall–Kier alpha value is -4.60. The van der Waals surface area contributed by atoms with Crippen molar-refractivity contribution in [3.8, 4) is 33.6 Å². The summed E-state index contributed by atoms with van der Waals surface area (Å²) in [4.78, 5) is 46.3. The number of hydrogen-bond donors (Lipinski definition) is 2. The molecule has 0 bridgehead atoms. The number of ether oxygens (including phenoxy) is 2. The SMILES string of the molecule is CC(C)(C)OC(=O)N1CCCC1c1ncc(-c2ccc(-c3ccc(-c4nc(C5CCCN5C(=O)OC(C)(C)C)[nH]c4C4CC4)cc3)cc2)[nH]1. The summed E-state index contributed by atoms with van der Waals surface area (Å²) in [6.07, 6.45) is 7.16. The highest BCUT2D eigenvalue weighted by Gasteiger charge is 2.38. The molecule has 1 aliphatic carbocycles. The largest absolute Gasteiger partial charge is 0.444 e. The number of amides is 2. The maximum Gasteiger partial charge on any atom is 0.410 e. The summed E-state index contributed by atoms with van der Waals surface area (Å²) < 4.78 is 11.4. The Morgan fingerprint density at radius 3 is 1.67 bits per heavy atom. The van der Waals surface area contributed by atoms with E-state index in [0.29, 0.717) is 19.0 Å². The summed E-state index contributed by atoms with van der Waals surface area (Å²) in [5.74, 6) is 2.12. The van der Waals surface area contributed by atoms with Gasteiger partial charge in [0.25, 0.3) is 0 Å². The number of rotatable bonds is 6. The molecule has 49 heavy (non-hydrogen) atoms. The standard InChI is InChI=1S/C39H48N6O4/c1-38(2,3)48-36(46)44-21-7-9-30(44)34-40-23-29(41-34)26-15-11-24(12-16-26)25-13-17-27(18-14-25)32-33(28-19-20-28)43-35(42-32)31-10-8-22-45(31)37(47)49-39(4,5)6/h11-18,23,28,30-31H,7-10,19-22H2,1-6H3,(H,40,41)(H,42,43). The van der Waals surface area contributed by atoms with Gasteiger partial charge in [0.2, 0.25) is 0 Å². The third-order valence-electron chi connectivity index (χ3n) is 9.41. The van der Waals surface area contributed by atoms with Crippen molar-refractivity contribution in [1.29, 1.82) is 0 Å². The Labute approximate surface area is 288 Å². The number of nitrogens with zero attached hydrogens (tertiary/aromatic N) is 4. The molecule has 10 heteroatoms. The van der Waals surface area contributed by atoms with Crippen LogP contribution in [0.4, 0.5) is 9.59 Å². The van der Waals surface area contributed by atoms with E-state index in [1.165, 1.54) is 5.69 Å². The van der Waals surface area contributed by atoms with Gasteiger partial charge in [-0.2, -0.15) is 0 Å². The van der Waals surface area contributed by atoms with Gasteiger partial charge in [-0.05, 0) is 96.8 Å². The first-order valence-electron chi connectivity index (χ1n) is 17.7. The minimum atomic E-state index is -0.537. The lowest BCUT2D eigenvalue weighted by molar-refractivity contribution is 0.0208. The van der Waals surface area contributed by atoms with E-state index < -0.39 is 11.2 Å². The summed E-state index contributed by atoms with van der Waals surface area (Å²) in [6, 6.07) is 16.8. The summed E-state index contributed by atoms with van der Waals surface area (Å²) >= 11 is 0. The van der Waals surface area contributed by atoms with Gasteiger partial charge in [-0.3, -0.25) is 9.80 Å². The Morgan fingerprint density at radius 2 is 1.16 bits per heavy atom. The van der Waals surface area contributed by atoms with Gasteiger partial charge in [0, 0.05) is 30.3 Å². The minimum absolute atomic E-state index is 0.105. The number of aromatic nitrogens is 4. The topological polar surface area (TPSA) is 116 Å². The number of carbonyl (C=O) groups is 2. The van der Waals surface area contributed by atoms with Gasteiger partial charge in [0.05, 0.1) is 29.7 Å². The monoisotopic (exact) mass is 664 g/mol. The smallest absolute Gasteiger partial charge is 0.410 e. The molecule has 2 atom stereocenters. The van der Waals surface area contributed by atoms with E-state index in [0.717, 1.165) is 83.8 Å². The summed E-state index contributed by atoms with van der Waals surface area (Å²) in [7, 11) is 0. The van der Waals surface area contributed by atoms with Gasteiger partial charge in [0.15, 0.2) is 0 Å². The molecular weight excluding hydrogens is 616 g/mol. The second kappa shape index (κ2) is 12.7. The normalized spacial score (nSPS) is 19.8. The number of nitrogens with one attached hydrogen (secondary N) is 2. The first-order valence-corrected chi connectivity index (χ1v) is 17.7. The van der Waals surface area contributed by atoms with Crippen molar-refractivity contribution >= 4 is 12.2 Å². The van der Waals surface area contributed by atoms with Gasteiger partial charge in [-0.25, -0.2) is 19.6 Å². The molecule has 2 N–H and O–H groups in total. The zero-order chi connectivity index (χ0) is 34.5. The second-order valence-electron chi connectivity index (χ2n) is 15.7. The molecule has 2 aromatic carbocycles. The van der Waals surface area contributed by atoms with Crippen LogP contribution in [-0.2, 0) is 9.47 Å². The number of carbonyl (C=O) groups excluding carboxylic acids is 2. The molecule has 10 nitrogen and oxygen atoms in total. The predicted octanol–water partition coefficient (Wildman–Crippen LogP) is 9.16. The van der Waals surface area contributed by atoms with E-state index >= 15 is 0 Å². The van der Waals surface area contributed by atoms with E-state index in [2.05, 4.69) is 63.5 Å². The summed E-state index contributed by atoms with van der Waals surface area (Å²) in [5.41, 5.74) is 6.35. The summed E-state index contributed by atoms with van der Waals surface area (Å²) in [5, 5.41) is 0. The number of aromatic amines is 2. The lowest BCUT2D eigenvalue weighted by Gasteiger charge is -2.27. The highest BCUT2D eigenvalue weighted by atomic mass is 16.6. The van der Waals surface area contributed by atoms with Crippen LogP contribution in [0.3, 0.4) is 0 Å². The minimum Gasteiger partial charge on any atom is -0.444 e. The highest BCUT2D eigenvalue weighted by molar-refractivity contribution is 5.73. The molecule has 4 heterocycles. The van der Waals surface area contributed by atoms with Gasteiger partial charge in [0.1, 0.15) is 22.9 Å². The van der Waals surface area contributed by atoms with Crippen molar-refractivity contribution in [3.63, 3.8) is 0 Å². The Kier molecular flexibility index (Phi) is 8.53. The van der Waals surface area contributed by atoms with Crippen LogP contribution in [0.25, 0.3) is 33.6 Å². The van der Waals surface area contributed by atoms with E-state index in [4.69, 9.17) is 14.5 Å². The molecule has 1 saturated carbocycles. The Bertz CT molecular complexity index is 1810. The van der Waals surface area contributed by atoms with Crippen LogP contribution in [0, 0.1) is 0 Å². The highest BCUT2D eigenvalue weighted by Crippen LogP contribution is 2.45. The predicted molar refractivity (Wildman–Crippen MR) is 189 cm³/mol. The molecule has 3 fully saturated rings. The number of benzene rings is 2. The van der Waals surface area contributed by atoms with Crippen molar-refractivity contribution in [3.05, 3.63) is 72.1 Å². The van der Waals surface area contributed by atoms with Gasteiger partial charge in [-0.1, -0.05) is 48.5 Å². The van der Waals surface area contributed by atoms with E-state index in [1.807, 2.05) is 52.6 Å². The van der Waals surface area contributed by atoms with Crippen LogP contribution in [0.15, 0.2) is 54.7 Å². The van der Waals surface area contributed by atoms with Gasteiger partial charge >= 0.3 is 12.2 Å². The molecule has 3 aliphatic rings. The van der Waals surface area contributed by atoms with Crippen LogP contribution >= 0.6 is 0 Å². The van der Waals surface area contributed by atoms with Crippen molar-refractivity contribution in [2.24, 2.45) is 0 Å². The van der Waals surface area contributed by atoms with Crippen LogP contribution in [0.5, 0.6) is 0 Å². The lowest BCUT2D eigenvalue weighted by atomic mass is 10.00. The first-order chi connectivity index (χ1) is 23.3. The average molecular weight is 665 g/mol. The third-order valence-corrected chi connectivity index (χ3v) is 9.41. The number of H-pyrrole nitrogens is 2. The van der Waals surface area contributed by atoms with E-state index in [-0.39, 0.29) is 24.3 Å². The van der Waals surface area contributed by atoms with Crippen molar-refractivity contribution in [1.82, 2.24) is 29.7 Å². The third kappa shape index (κ3) is 7.23. The number of hydrogen-bond acceptors (Lipinski definition) is 6. The Morgan fingerprint density at radius 1 is 0.673 bits per heavy atom. The van der Waals surface area contributed by atoms with E-state index in [9.17, 15) is 9.59 Å². The zero-order valence-electron chi connectivity index (χ0n) is 29.5. The maximum absolute atomic E-state index is 13.0. The quantitative estimate of drug-likeness (QED) is 0.212. The fourth-order valence-electron chi connectivity index (χ4n) is 6.95. The number of likely N-dealkylation sites (tertiary alicyclic amines) is 2. The molecule has 2 saturated heterocycles. The van der Waals surface area contributed by atoms with Crippen LogP contribution < -0.4 is 0 Å². The zero-order valence-corrected chi connectivity index (χ0v) is 29.5. The molecule has 7 rings (SSSR count). The molecule has 0 spiro atoms. The number of imidazole rings is 2. The summed E-state index contributed by atoms with van der Waals surface area (Å²) in [6.45, 7) is 12.7. The molecule has 2 amide bonds. The van der Waals surface area contributed by atoms with Crippen molar-refractivity contribution < 1.29 is 19.1 Å². The average Bonchev–Trinajstić information content (AvgIpc) is 3.50.